The highest BCUT2D eigenvalue weighted by atomic mass is 19.1. The summed E-state index contributed by atoms with van der Waals surface area (Å²) in [5, 5.41) is 10.2. The first kappa shape index (κ1) is 30.9. The zero-order chi connectivity index (χ0) is 27.2. The number of benzene rings is 2. The van der Waals surface area contributed by atoms with Crippen LogP contribution in [0.2, 0.25) is 0 Å². The van der Waals surface area contributed by atoms with Crippen LogP contribution in [0, 0.1) is 25.5 Å². The molecule has 2 atom stereocenters. The summed E-state index contributed by atoms with van der Waals surface area (Å²) in [5.41, 5.74) is 3.12. The quantitative estimate of drug-likeness (QED) is 0.272. The Hall–Kier alpha value is -2.35. The first-order chi connectivity index (χ1) is 17.7. The summed E-state index contributed by atoms with van der Waals surface area (Å²) in [7, 11) is 0. The second-order valence-corrected chi connectivity index (χ2v) is 9.71. The lowest BCUT2D eigenvalue weighted by molar-refractivity contribution is -0.143. The molecule has 1 fully saturated rings. The van der Waals surface area contributed by atoms with Crippen molar-refractivity contribution in [3.63, 3.8) is 0 Å². The Kier molecular flexibility index (Phi) is 13.8. The van der Waals surface area contributed by atoms with E-state index in [-0.39, 0.29) is 30.3 Å². The van der Waals surface area contributed by atoms with E-state index >= 15 is 0 Å². The van der Waals surface area contributed by atoms with Gasteiger partial charge in [-0.1, -0.05) is 24.3 Å². The van der Waals surface area contributed by atoms with Crippen molar-refractivity contribution in [3.05, 3.63) is 70.3 Å². The Labute approximate surface area is 220 Å². The second kappa shape index (κ2) is 16.5. The molecule has 5 nitrogen and oxygen atoms in total. The molecule has 0 saturated carbocycles. The number of nitrogens with zero attached hydrogens (tertiary/aromatic N) is 1. The first-order valence-electron chi connectivity index (χ1n) is 13.4. The molecule has 3 rings (SSSR count). The van der Waals surface area contributed by atoms with Crippen molar-refractivity contribution in [3.8, 4) is 0 Å². The second-order valence-electron chi connectivity index (χ2n) is 9.71. The van der Waals surface area contributed by atoms with Gasteiger partial charge in [0.05, 0.1) is 25.4 Å². The van der Waals surface area contributed by atoms with E-state index in [0.717, 1.165) is 24.2 Å². The maximum absolute atomic E-state index is 14.4. The lowest BCUT2D eigenvalue weighted by atomic mass is 9.97. The third kappa shape index (κ3) is 11.3. The van der Waals surface area contributed by atoms with Gasteiger partial charge in [0.15, 0.2) is 0 Å². The summed E-state index contributed by atoms with van der Waals surface area (Å²) < 4.78 is 37.7. The van der Waals surface area contributed by atoms with Crippen molar-refractivity contribution in [2.24, 2.45) is 0 Å². The summed E-state index contributed by atoms with van der Waals surface area (Å²) in [5.74, 6) is -0.573. The Bertz CT molecular complexity index is 963. The minimum Gasteiger partial charge on any atom is -0.466 e. The van der Waals surface area contributed by atoms with Crippen LogP contribution in [0.4, 0.5) is 8.78 Å². The molecule has 7 heteroatoms. The predicted molar refractivity (Wildman–Crippen MR) is 143 cm³/mol. The van der Waals surface area contributed by atoms with E-state index in [1.54, 1.807) is 26.0 Å². The molecule has 0 aliphatic carbocycles. The number of aliphatic hydroxyl groups excluding tert-OH is 1. The molecule has 1 aliphatic rings. The molecule has 1 N–H and O–H groups in total. The van der Waals surface area contributed by atoms with Gasteiger partial charge in [-0.15, -0.1) is 0 Å². The summed E-state index contributed by atoms with van der Waals surface area (Å²) in [4.78, 5) is 13.7. The predicted octanol–water partition coefficient (Wildman–Crippen LogP) is 6.08. The molecule has 0 spiro atoms. The van der Waals surface area contributed by atoms with Gasteiger partial charge in [-0.3, -0.25) is 4.79 Å². The van der Waals surface area contributed by atoms with E-state index in [9.17, 15) is 18.7 Å². The molecular formula is C30H43F2NO4. The lowest BCUT2D eigenvalue weighted by Crippen LogP contribution is -2.33. The number of hydrogen-bond donors (Lipinski definition) is 1. The molecule has 2 aromatic carbocycles. The number of likely N-dealkylation sites (tertiary alicyclic amines) is 1. The number of carbonyl (C=O) groups excluding carboxylic acids is 1. The van der Waals surface area contributed by atoms with Crippen LogP contribution in [-0.4, -0.2) is 54.9 Å². The molecule has 37 heavy (non-hydrogen) atoms. The topological polar surface area (TPSA) is 59.0 Å². The number of ether oxygens (including phenoxy) is 2. The van der Waals surface area contributed by atoms with Gasteiger partial charge < -0.3 is 19.5 Å². The fourth-order valence-corrected chi connectivity index (χ4v) is 4.38. The van der Waals surface area contributed by atoms with Gasteiger partial charge in [0.1, 0.15) is 11.6 Å². The summed E-state index contributed by atoms with van der Waals surface area (Å²) in [6, 6.07) is 10.2. The number of aryl methyl sites for hydroxylation is 2. The maximum atomic E-state index is 14.4. The number of halogens is 2. The highest BCUT2D eigenvalue weighted by Gasteiger charge is 2.19. The first-order valence-corrected chi connectivity index (χ1v) is 13.4. The molecule has 1 saturated heterocycles. The Balaban J connectivity index is 0.000000449. The zero-order valence-electron chi connectivity index (χ0n) is 22.8. The van der Waals surface area contributed by atoms with Gasteiger partial charge in [0.25, 0.3) is 0 Å². The van der Waals surface area contributed by atoms with Crippen molar-refractivity contribution in [2.45, 2.75) is 78.4 Å². The number of rotatable bonds is 12. The SMILES string of the molecule is CCOC(=O)CCCCc1c(F)cccc1C(C)OCC(O)CN1CCCC1.Cc1ccc(C)c(F)c1. The Morgan fingerprint density at radius 3 is 2.46 bits per heavy atom. The van der Waals surface area contributed by atoms with Gasteiger partial charge in [-0.05, 0) is 107 Å². The van der Waals surface area contributed by atoms with Crippen LogP contribution >= 0.6 is 0 Å². The van der Waals surface area contributed by atoms with Crippen LogP contribution in [0.15, 0.2) is 36.4 Å². The van der Waals surface area contributed by atoms with Crippen molar-refractivity contribution in [1.82, 2.24) is 4.90 Å². The Morgan fingerprint density at radius 1 is 1.08 bits per heavy atom. The van der Waals surface area contributed by atoms with Crippen LogP contribution in [0.5, 0.6) is 0 Å². The van der Waals surface area contributed by atoms with Crippen molar-refractivity contribution in [2.75, 3.05) is 32.8 Å². The molecule has 1 aliphatic heterocycles. The highest BCUT2D eigenvalue weighted by molar-refractivity contribution is 5.69. The third-order valence-electron chi connectivity index (χ3n) is 6.49. The van der Waals surface area contributed by atoms with Gasteiger partial charge in [0.2, 0.25) is 0 Å². The van der Waals surface area contributed by atoms with Crippen LogP contribution in [0.3, 0.4) is 0 Å². The van der Waals surface area contributed by atoms with Gasteiger partial charge in [-0.2, -0.15) is 0 Å². The molecule has 2 aromatic rings. The van der Waals surface area contributed by atoms with E-state index in [2.05, 4.69) is 4.90 Å². The fraction of sp³-hybridized carbons (Fsp3) is 0.567. The minimum atomic E-state index is -0.540. The van der Waals surface area contributed by atoms with E-state index in [4.69, 9.17) is 9.47 Å². The van der Waals surface area contributed by atoms with Crippen LogP contribution in [-0.2, 0) is 20.7 Å². The van der Waals surface area contributed by atoms with Gasteiger partial charge >= 0.3 is 5.97 Å². The smallest absolute Gasteiger partial charge is 0.305 e. The van der Waals surface area contributed by atoms with Gasteiger partial charge in [0, 0.05) is 13.0 Å². The summed E-state index contributed by atoms with van der Waals surface area (Å²) in [6.07, 6.45) is 3.80. The minimum absolute atomic E-state index is 0.116. The standard InChI is InChI=1S/C22H34FNO4.C8H9F/c1-3-27-22(26)12-5-4-9-20-19(10-8-11-21(20)23)17(2)28-16-18(25)15-24-13-6-7-14-24;1-6-3-4-7(2)8(9)5-6/h8,10-11,17-18,25H,3-7,9,12-16H2,1-2H3;3-5H,1-2H3. The zero-order valence-corrected chi connectivity index (χ0v) is 22.8. The van der Waals surface area contributed by atoms with Crippen molar-refractivity contribution in [1.29, 1.82) is 0 Å². The average molecular weight is 520 g/mol. The van der Waals surface area contributed by atoms with E-state index in [1.807, 2.05) is 26.0 Å². The molecule has 1 heterocycles. The number of aliphatic hydroxyl groups is 1. The third-order valence-corrected chi connectivity index (χ3v) is 6.49. The summed E-state index contributed by atoms with van der Waals surface area (Å²) in [6.45, 7) is 10.6. The molecule has 2 unspecified atom stereocenters. The molecule has 0 radical (unpaired) electrons. The van der Waals surface area contributed by atoms with Crippen LogP contribution < -0.4 is 0 Å². The van der Waals surface area contributed by atoms with Crippen molar-refractivity contribution >= 4 is 5.97 Å². The summed E-state index contributed by atoms with van der Waals surface area (Å²) >= 11 is 0. The maximum Gasteiger partial charge on any atom is 0.305 e. The van der Waals surface area contributed by atoms with E-state index < -0.39 is 6.10 Å². The molecular weight excluding hydrogens is 476 g/mol. The molecule has 0 amide bonds. The number of β-amino-alcohol motifs (C(OH)–C–C–N with tert-alkyl or cyclic N) is 1. The fourth-order valence-electron chi connectivity index (χ4n) is 4.38. The van der Waals surface area contributed by atoms with Crippen LogP contribution in [0.25, 0.3) is 0 Å². The lowest BCUT2D eigenvalue weighted by Gasteiger charge is -2.22. The monoisotopic (exact) mass is 519 g/mol. The van der Waals surface area contributed by atoms with E-state index in [0.29, 0.717) is 50.0 Å². The molecule has 206 valence electrons. The van der Waals surface area contributed by atoms with E-state index in [1.165, 1.54) is 25.0 Å². The molecule has 0 bridgehead atoms. The molecule has 0 aromatic heterocycles. The van der Waals surface area contributed by atoms with Crippen molar-refractivity contribution < 1.29 is 28.2 Å². The largest absolute Gasteiger partial charge is 0.466 e. The number of carbonyl (C=O) groups is 1. The number of unbranched alkanes of at least 4 members (excludes halogenated alkanes) is 1. The average Bonchev–Trinajstić information content (AvgIpc) is 3.37. The van der Waals surface area contributed by atoms with Gasteiger partial charge in [-0.25, -0.2) is 8.78 Å². The Morgan fingerprint density at radius 2 is 1.81 bits per heavy atom. The normalized spacial score (nSPS) is 15.1. The number of hydrogen-bond acceptors (Lipinski definition) is 5. The van der Waals surface area contributed by atoms with Crippen LogP contribution in [0.1, 0.15) is 74.3 Å². The number of esters is 1. The highest BCUT2D eigenvalue weighted by Crippen LogP contribution is 2.25.